The molecule has 2 aromatic rings. The van der Waals surface area contributed by atoms with Crippen LogP contribution in [0.1, 0.15) is 5.56 Å². The third kappa shape index (κ3) is 5.58. The van der Waals surface area contributed by atoms with Crippen molar-refractivity contribution in [1.29, 1.82) is 0 Å². The normalized spacial score (nSPS) is 10.4. The number of carbonyl (C=O) groups is 1. The van der Waals surface area contributed by atoms with E-state index >= 15 is 0 Å². The summed E-state index contributed by atoms with van der Waals surface area (Å²) in [6, 6.07) is 7.30. The molecule has 0 bridgehead atoms. The summed E-state index contributed by atoms with van der Waals surface area (Å²) in [4.78, 5) is 17.6. The number of anilines is 1. The lowest BCUT2D eigenvalue weighted by molar-refractivity contribution is 0.144. The van der Waals surface area contributed by atoms with Gasteiger partial charge in [0.2, 0.25) is 5.88 Å². The van der Waals surface area contributed by atoms with Crippen LogP contribution < -0.4 is 10.1 Å². The monoisotopic (exact) mass is 367 g/mol. The molecule has 0 saturated heterocycles. The maximum Gasteiger partial charge on any atom is 0.321 e. The molecule has 6 nitrogen and oxygen atoms in total. The van der Waals surface area contributed by atoms with Crippen LogP contribution in [0.4, 0.5) is 14.9 Å². The van der Waals surface area contributed by atoms with Gasteiger partial charge >= 0.3 is 6.03 Å². The summed E-state index contributed by atoms with van der Waals surface area (Å²) < 4.78 is 24.0. The molecule has 25 heavy (non-hydrogen) atoms. The SMILES string of the molecule is COCCOc1ccc(NC(=O)N(C)Cc2c(F)cccc2Cl)cn1. The number of urea groups is 1. The van der Waals surface area contributed by atoms with E-state index in [1.165, 1.54) is 23.2 Å². The number of carbonyl (C=O) groups excluding carboxylic acids is 1. The molecule has 2 rings (SSSR count). The second-order valence-corrected chi connectivity index (χ2v) is 5.62. The Hall–Kier alpha value is -2.38. The number of aromatic nitrogens is 1. The van der Waals surface area contributed by atoms with E-state index in [9.17, 15) is 9.18 Å². The maximum atomic E-state index is 13.8. The van der Waals surface area contributed by atoms with Crippen molar-refractivity contribution in [3.63, 3.8) is 0 Å². The Morgan fingerprint density at radius 2 is 2.12 bits per heavy atom. The van der Waals surface area contributed by atoms with Crippen molar-refractivity contribution >= 4 is 23.3 Å². The number of rotatable bonds is 7. The summed E-state index contributed by atoms with van der Waals surface area (Å²) in [6.45, 7) is 0.897. The molecular weight excluding hydrogens is 349 g/mol. The standard InChI is InChI=1S/C17H19ClFN3O3/c1-22(11-13-14(18)4-3-5-15(13)19)17(23)21-12-6-7-16(20-10-12)25-9-8-24-2/h3-7,10H,8-9,11H2,1-2H3,(H,21,23). The molecule has 0 aliphatic heterocycles. The molecule has 0 spiro atoms. The molecule has 1 aromatic carbocycles. The first-order chi connectivity index (χ1) is 12.0. The molecule has 0 aliphatic carbocycles. The predicted molar refractivity (Wildman–Crippen MR) is 93.5 cm³/mol. The van der Waals surface area contributed by atoms with Gasteiger partial charge in [-0.1, -0.05) is 17.7 Å². The second kappa shape index (κ2) is 9.19. The van der Waals surface area contributed by atoms with E-state index in [4.69, 9.17) is 21.1 Å². The number of hydrogen-bond donors (Lipinski definition) is 1. The molecule has 1 heterocycles. The molecule has 1 N–H and O–H groups in total. The van der Waals surface area contributed by atoms with Gasteiger partial charge in [-0.25, -0.2) is 14.2 Å². The molecule has 0 saturated carbocycles. The first-order valence-corrected chi connectivity index (χ1v) is 7.92. The van der Waals surface area contributed by atoms with Crippen molar-refractivity contribution in [3.8, 4) is 5.88 Å². The van der Waals surface area contributed by atoms with Gasteiger partial charge in [0.1, 0.15) is 12.4 Å². The fourth-order valence-electron chi connectivity index (χ4n) is 1.98. The second-order valence-electron chi connectivity index (χ2n) is 5.21. The summed E-state index contributed by atoms with van der Waals surface area (Å²) in [5.41, 5.74) is 0.761. The van der Waals surface area contributed by atoms with Crippen LogP contribution >= 0.6 is 11.6 Å². The summed E-state index contributed by atoms with van der Waals surface area (Å²) in [7, 11) is 3.13. The smallest absolute Gasteiger partial charge is 0.321 e. The number of nitrogens with zero attached hydrogens (tertiary/aromatic N) is 2. The first kappa shape index (κ1) is 19.0. The number of ether oxygens (including phenoxy) is 2. The van der Waals surface area contributed by atoms with Crippen LogP contribution in [0.15, 0.2) is 36.5 Å². The quantitative estimate of drug-likeness (QED) is 0.760. The molecule has 0 aliphatic rings. The zero-order chi connectivity index (χ0) is 18.2. The highest BCUT2D eigenvalue weighted by molar-refractivity contribution is 6.31. The zero-order valence-electron chi connectivity index (χ0n) is 14.0. The summed E-state index contributed by atoms with van der Waals surface area (Å²) in [6.07, 6.45) is 1.48. The van der Waals surface area contributed by atoms with Gasteiger partial charge < -0.3 is 19.7 Å². The van der Waals surface area contributed by atoms with Crippen LogP contribution in [0.3, 0.4) is 0 Å². The molecule has 8 heteroatoms. The minimum absolute atomic E-state index is 0.0446. The number of amides is 2. The minimum Gasteiger partial charge on any atom is -0.475 e. The van der Waals surface area contributed by atoms with E-state index in [1.807, 2.05) is 0 Å². The predicted octanol–water partition coefficient (Wildman–Crippen LogP) is 3.56. The number of halogens is 2. The van der Waals surface area contributed by atoms with Crippen LogP contribution in [0, 0.1) is 5.82 Å². The zero-order valence-corrected chi connectivity index (χ0v) is 14.7. The molecule has 2 amide bonds. The van der Waals surface area contributed by atoms with Crippen molar-refractivity contribution in [2.75, 3.05) is 32.7 Å². The lowest BCUT2D eigenvalue weighted by atomic mass is 10.2. The Kier molecular flexibility index (Phi) is 6.97. The Morgan fingerprint density at radius 3 is 2.76 bits per heavy atom. The van der Waals surface area contributed by atoms with Gasteiger partial charge in [0, 0.05) is 30.8 Å². The van der Waals surface area contributed by atoms with E-state index in [0.29, 0.717) is 24.8 Å². The summed E-state index contributed by atoms with van der Waals surface area (Å²) in [5, 5.41) is 2.95. The minimum atomic E-state index is -0.452. The van der Waals surface area contributed by atoms with Crippen molar-refractivity contribution in [2.45, 2.75) is 6.54 Å². The fraction of sp³-hybridized carbons (Fsp3) is 0.294. The van der Waals surface area contributed by atoms with Gasteiger partial charge in [-0.3, -0.25) is 0 Å². The Bertz CT molecular complexity index is 693. The lowest BCUT2D eigenvalue weighted by Crippen LogP contribution is -2.31. The van der Waals surface area contributed by atoms with Crippen LogP contribution in [-0.4, -0.2) is 43.3 Å². The van der Waals surface area contributed by atoms with Gasteiger partial charge in [0.25, 0.3) is 0 Å². The maximum absolute atomic E-state index is 13.8. The number of benzene rings is 1. The van der Waals surface area contributed by atoms with E-state index in [0.717, 1.165) is 0 Å². The van der Waals surface area contributed by atoms with Gasteiger partial charge in [0.15, 0.2) is 0 Å². The highest BCUT2D eigenvalue weighted by Gasteiger charge is 2.14. The summed E-state index contributed by atoms with van der Waals surface area (Å²) in [5.74, 6) is -0.0204. The lowest BCUT2D eigenvalue weighted by Gasteiger charge is -2.19. The number of methoxy groups -OCH3 is 1. The Morgan fingerprint density at radius 1 is 1.32 bits per heavy atom. The van der Waals surface area contributed by atoms with Crippen molar-refractivity contribution in [1.82, 2.24) is 9.88 Å². The van der Waals surface area contributed by atoms with Crippen LogP contribution in [0.5, 0.6) is 5.88 Å². The highest BCUT2D eigenvalue weighted by Crippen LogP contribution is 2.20. The van der Waals surface area contributed by atoms with Crippen molar-refractivity contribution < 1.29 is 18.7 Å². The summed E-state index contributed by atoms with van der Waals surface area (Å²) >= 11 is 5.98. The average Bonchev–Trinajstić information content (AvgIpc) is 2.60. The third-order valence-corrected chi connectivity index (χ3v) is 3.68. The van der Waals surface area contributed by atoms with E-state index < -0.39 is 11.8 Å². The van der Waals surface area contributed by atoms with E-state index in [-0.39, 0.29) is 17.1 Å². The van der Waals surface area contributed by atoms with E-state index in [1.54, 1.807) is 32.4 Å². The van der Waals surface area contributed by atoms with Crippen LogP contribution in [0.2, 0.25) is 5.02 Å². The highest BCUT2D eigenvalue weighted by atomic mass is 35.5. The molecule has 0 unspecified atom stereocenters. The number of nitrogens with one attached hydrogen (secondary N) is 1. The molecule has 134 valence electrons. The number of pyridine rings is 1. The molecule has 0 radical (unpaired) electrons. The number of hydrogen-bond acceptors (Lipinski definition) is 4. The van der Waals surface area contributed by atoms with Crippen LogP contribution in [0.25, 0.3) is 0 Å². The molecular formula is C17H19ClFN3O3. The Labute approximate surface area is 150 Å². The van der Waals surface area contributed by atoms with Gasteiger partial charge in [-0.15, -0.1) is 0 Å². The average molecular weight is 368 g/mol. The largest absolute Gasteiger partial charge is 0.475 e. The molecule has 1 aromatic heterocycles. The molecule has 0 fully saturated rings. The fourth-order valence-corrected chi connectivity index (χ4v) is 2.20. The van der Waals surface area contributed by atoms with Gasteiger partial charge in [-0.05, 0) is 18.2 Å². The topological polar surface area (TPSA) is 63.7 Å². The molecule has 0 atom stereocenters. The third-order valence-electron chi connectivity index (χ3n) is 3.33. The van der Waals surface area contributed by atoms with Gasteiger partial charge in [-0.2, -0.15) is 0 Å². The van der Waals surface area contributed by atoms with Crippen molar-refractivity contribution in [2.24, 2.45) is 0 Å². The van der Waals surface area contributed by atoms with Crippen LogP contribution in [-0.2, 0) is 11.3 Å². The van der Waals surface area contributed by atoms with Gasteiger partial charge in [0.05, 0.1) is 25.0 Å². The first-order valence-electron chi connectivity index (χ1n) is 7.54. The Balaban J connectivity index is 1.92. The van der Waals surface area contributed by atoms with E-state index in [2.05, 4.69) is 10.3 Å². The van der Waals surface area contributed by atoms with Crippen molar-refractivity contribution in [3.05, 3.63) is 52.9 Å².